The molecule has 0 saturated carbocycles. The van der Waals surface area contributed by atoms with Crippen LogP contribution in [0.4, 0.5) is 0 Å². The Hall–Kier alpha value is -1.81. The predicted octanol–water partition coefficient (Wildman–Crippen LogP) is 1.20. The Morgan fingerprint density at radius 3 is 2.70 bits per heavy atom. The second kappa shape index (κ2) is 7.10. The minimum Gasteiger partial charge on any atom is -0.353 e. The third-order valence-corrected chi connectivity index (χ3v) is 3.90. The summed E-state index contributed by atoms with van der Waals surface area (Å²) in [5.41, 5.74) is 0.255. The molecule has 1 aromatic rings. The van der Waals surface area contributed by atoms with Crippen LogP contribution in [0.2, 0.25) is 0 Å². The zero-order valence-electron chi connectivity index (χ0n) is 12.0. The van der Waals surface area contributed by atoms with Crippen molar-refractivity contribution in [3.05, 3.63) is 21.7 Å². The zero-order valence-corrected chi connectivity index (χ0v) is 12.8. The molecule has 0 radical (unpaired) electrons. The van der Waals surface area contributed by atoms with Gasteiger partial charge in [-0.2, -0.15) is 10.2 Å². The van der Waals surface area contributed by atoms with Crippen LogP contribution in [0.25, 0.3) is 0 Å². The van der Waals surface area contributed by atoms with Gasteiger partial charge < -0.3 is 10.3 Å². The summed E-state index contributed by atoms with van der Waals surface area (Å²) in [5.74, 6) is 0.333. The number of aromatic nitrogens is 2. The largest absolute Gasteiger partial charge is 0.353 e. The van der Waals surface area contributed by atoms with E-state index in [1.807, 2.05) is 26.8 Å². The Labute approximate surface area is 122 Å². The van der Waals surface area contributed by atoms with Crippen molar-refractivity contribution in [2.75, 3.05) is 5.75 Å². The molecule has 6 nitrogen and oxygen atoms in total. The van der Waals surface area contributed by atoms with Crippen molar-refractivity contribution in [3.8, 4) is 6.07 Å². The molecule has 1 heterocycles. The SMILES string of the molecule is Cc1[nH]c(=O)nc(SCC(=O)NC(C)C(C)C)c1C#N. The van der Waals surface area contributed by atoms with Gasteiger partial charge in [-0.1, -0.05) is 25.6 Å². The number of H-pyrrole nitrogens is 1. The highest BCUT2D eigenvalue weighted by atomic mass is 32.2. The number of hydrogen-bond donors (Lipinski definition) is 2. The van der Waals surface area contributed by atoms with Crippen LogP contribution in [0.3, 0.4) is 0 Å². The van der Waals surface area contributed by atoms with E-state index in [0.29, 0.717) is 22.2 Å². The van der Waals surface area contributed by atoms with Crippen LogP contribution in [0.5, 0.6) is 0 Å². The molecule has 0 fully saturated rings. The number of aromatic amines is 1. The first-order valence-corrected chi connectivity index (χ1v) is 7.27. The molecular formula is C13H18N4O2S. The van der Waals surface area contributed by atoms with E-state index < -0.39 is 5.69 Å². The molecule has 108 valence electrons. The van der Waals surface area contributed by atoms with Gasteiger partial charge in [-0.3, -0.25) is 4.79 Å². The fraction of sp³-hybridized carbons (Fsp3) is 0.538. The van der Waals surface area contributed by atoms with Crippen LogP contribution >= 0.6 is 11.8 Å². The third kappa shape index (κ3) is 4.38. The van der Waals surface area contributed by atoms with Crippen LogP contribution in [0.15, 0.2) is 9.82 Å². The zero-order chi connectivity index (χ0) is 15.3. The first-order chi connectivity index (χ1) is 9.35. The second-order valence-corrected chi connectivity index (χ2v) is 5.81. The van der Waals surface area contributed by atoms with E-state index in [4.69, 9.17) is 5.26 Å². The molecule has 2 N–H and O–H groups in total. The summed E-state index contributed by atoms with van der Waals surface area (Å²) < 4.78 is 0. The van der Waals surface area contributed by atoms with Gasteiger partial charge in [0.1, 0.15) is 16.7 Å². The lowest BCUT2D eigenvalue weighted by molar-refractivity contribution is -0.119. The highest BCUT2D eigenvalue weighted by molar-refractivity contribution is 8.00. The minimum atomic E-state index is -0.514. The maximum atomic E-state index is 11.8. The quantitative estimate of drug-likeness (QED) is 0.628. The Balaban J connectivity index is 2.74. The van der Waals surface area contributed by atoms with Crippen molar-refractivity contribution >= 4 is 17.7 Å². The monoisotopic (exact) mass is 294 g/mol. The molecule has 1 amide bonds. The Morgan fingerprint density at radius 1 is 1.50 bits per heavy atom. The molecule has 0 aliphatic carbocycles. The summed E-state index contributed by atoms with van der Waals surface area (Å²) in [6.45, 7) is 7.61. The summed E-state index contributed by atoms with van der Waals surface area (Å²) in [5, 5.41) is 12.2. The van der Waals surface area contributed by atoms with Crippen molar-refractivity contribution in [1.82, 2.24) is 15.3 Å². The fourth-order valence-electron chi connectivity index (χ4n) is 1.39. The van der Waals surface area contributed by atoms with Crippen molar-refractivity contribution in [1.29, 1.82) is 5.26 Å². The molecule has 1 unspecified atom stereocenters. The van der Waals surface area contributed by atoms with Crippen molar-refractivity contribution in [3.63, 3.8) is 0 Å². The number of carbonyl (C=O) groups excluding carboxylic acids is 1. The molecule has 1 aromatic heterocycles. The maximum absolute atomic E-state index is 11.8. The summed E-state index contributed by atoms with van der Waals surface area (Å²) >= 11 is 1.10. The van der Waals surface area contributed by atoms with Gasteiger partial charge in [0.15, 0.2) is 0 Å². The molecule has 1 rings (SSSR count). The van der Waals surface area contributed by atoms with E-state index in [2.05, 4.69) is 15.3 Å². The second-order valence-electron chi connectivity index (χ2n) is 4.85. The fourth-order valence-corrected chi connectivity index (χ4v) is 2.23. The van der Waals surface area contributed by atoms with Crippen molar-refractivity contribution < 1.29 is 4.79 Å². The van der Waals surface area contributed by atoms with Gasteiger partial charge in [0.2, 0.25) is 5.91 Å². The number of nitrogens with one attached hydrogen (secondary N) is 2. The summed E-state index contributed by atoms with van der Waals surface area (Å²) in [6, 6.07) is 2.06. The van der Waals surface area contributed by atoms with E-state index in [0.717, 1.165) is 11.8 Å². The van der Waals surface area contributed by atoms with E-state index in [-0.39, 0.29) is 17.7 Å². The van der Waals surface area contributed by atoms with E-state index in [1.165, 1.54) is 0 Å². The number of rotatable bonds is 5. The Bertz CT molecular complexity index is 589. The number of thioether (sulfide) groups is 1. The summed E-state index contributed by atoms with van der Waals surface area (Å²) in [4.78, 5) is 29.3. The number of amides is 1. The highest BCUT2D eigenvalue weighted by Gasteiger charge is 2.14. The molecule has 0 bridgehead atoms. The first kappa shape index (κ1) is 16.2. The highest BCUT2D eigenvalue weighted by Crippen LogP contribution is 2.19. The number of nitrogens with zero attached hydrogens (tertiary/aromatic N) is 2. The average Bonchev–Trinajstić information content (AvgIpc) is 2.35. The van der Waals surface area contributed by atoms with Gasteiger partial charge in [-0.15, -0.1) is 0 Å². The van der Waals surface area contributed by atoms with Gasteiger partial charge >= 0.3 is 5.69 Å². The Morgan fingerprint density at radius 2 is 2.15 bits per heavy atom. The minimum absolute atomic E-state index is 0.0763. The van der Waals surface area contributed by atoms with Gasteiger partial charge in [0.05, 0.1) is 5.75 Å². The molecular weight excluding hydrogens is 276 g/mol. The van der Waals surface area contributed by atoms with Gasteiger partial charge in [-0.25, -0.2) is 4.79 Å². The van der Waals surface area contributed by atoms with Crippen LogP contribution in [0, 0.1) is 24.2 Å². The summed E-state index contributed by atoms with van der Waals surface area (Å²) in [7, 11) is 0. The molecule has 0 aromatic carbocycles. The maximum Gasteiger partial charge on any atom is 0.346 e. The Kier molecular flexibility index (Phi) is 5.77. The molecule has 20 heavy (non-hydrogen) atoms. The van der Waals surface area contributed by atoms with Crippen LogP contribution < -0.4 is 11.0 Å². The lowest BCUT2D eigenvalue weighted by Crippen LogP contribution is -2.37. The van der Waals surface area contributed by atoms with Gasteiger partial charge in [0.25, 0.3) is 0 Å². The number of aryl methyl sites for hydroxylation is 1. The molecule has 7 heteroatoms. The standard InChI is InChI=1S/C13H18N4O2S/c1-7(2)8(3)15-11(18)6-20-12-10(5-14)9(4)16-13(19)17-12/h7-8H,6H2,1-4H3,(H,15,18)(H,16,17,19). The number of hydrogen-bond acceptors (Lipinski definition) is 5. The van der Waals surface area contributed by atoms with E-state index >= 15 is 0 Å². The number of carbonyl (C=O) groups is 1. The van der Waals surface area contributed by atoms with E-state index in [9.17, 15) is 9.59 Å². The molecule has 0 aliphatic heterocycles. The predicted molar refractivity (Wildman–Crippen MR) is 77.5 cm³/mol. The first-order valence-electron chi connectivity index (χ1n) is 6.28. The smallest absolute Gasteiger partial charge is 0.346 e. The lowest BCUT2D eigenvalue weighted by Gasteiger charge is -2.17. The van der Waals surface area contributed by atoms with Crippen LogP contribution in [-0.2, 0) is 4.79 Å². The van der Waals surface area contributed by atoms with Crippen molar-refractivity contribution in [2.24, 2.45) is 5.92 Å². The molecule has 1 atom stereocenters. The van der Waals surface area contributed by atoms with E-state index in [1.54, 1.807) is 6.92 Å². The van der Waals surface area contributed by atoms with Crippen LogP contribution in [0.1, 0.15) is 32.0 Å². The van der Waals surface area contributed by atoms with Gasteiger partial charge in [0, 0.05) is 11.7 Å². The van der Waals surface area contributed by atoms with Crippen molar-refractivity contribution in [2.45, 2.75) is 38.8 Å². The van der Waals surface area contributed by atoms with Crippen LogP contribution in [-0.4, -0.2) is 27.7 Å². The normalized spacial score (nSPS) is 12.0. The molecule has 0 aliphatic rings. The molecule has 0 saturated heterocycles. The average molecular weight is 294 g/mol. The lowest BCUT2D eigenvalue weighted by atomic mass is 10.1. The number of nitriles is 1. The topological polar surface area (TPSA) is 98.6 Å². The molecule has 0 spiro atoms. The van der Waals surface area contributed by atoms with Gasteiger partial charge in [-0.05, 0) is 19.8 Å². The third-order valence-electron chi connectivity index (χ3n) is 2.93. The summed E-state index contributed by atoms with van der Waals surface area (Å²) in [6.07, 6.45) is 0.